The summed E-state index contributed by atoms with van der Waals surface area (Å²) < 4.78 is 26.0. The Morgan fingerprint density at radius 2 is 2.14 bits per heavy atom. The SMILES string of the molecule is O=C(CSc1nnc(-c2ccco2)n1-c1ccc(F)cc1)NCC1CCCO1. The highest BCUT2D eigenvalue weighted by molar-refractivity contribution is 7.99. The van der Waals surface area contributed by atoms with Gasteiger partial charge in [-0.15, -0.1) is 10.2 Å². The average molecular weight is 402 g/mol. The summed E-state index contributed by atoms with van der Waals surface area (Å²) in [4.78, 5) is 12.2. The van der Waals surface area contributed by atoms with Crippen LogP contribution < -0.4 is 5.32 Å². The van der Waals surface area contributed by atoms with Gasteiger partial charge in [-0.05, 0) is 49.2 Å². The Morgan fingerprint density at radius 1 is 1.29 bits per heavy atom. The highest BCUT2D eigenvalue weighted by Crippen LogP contribution is 2.28. The first kappa shape index (κ1) is 18.7. The Bertz CT molecular complexity index is 921. The summed E-state index contributed by atoms with van der Waals surface area (Å²) in [5.74, 6) is 0.766. The number of thioether (sulfide) groups is 1. The van der Waals surface area contributed by atoms with Crippen LogP contribution in [0.4, 0.5) is 4.39 Å². The van der Waals surface area contributed by atoms with Crippen LogP contribution in [0.2, 0.25) is 0 Å². The van der Waals surface area contributed by atoms with Crippen LogP contribution in [0.25, 0.3) is 17.3 Å². The third-order valence-electron chi connectivity index (χ3n) is 4.34. The maximum Gasteiger partial charge on any atom is 0.230 e. The predicted molar refractivity (Wildman–Crippen MR) is 102 cm³/mol. The minimum absolute atomic E-state index is 0.0994. The number of carbonyl (C=O) groups is 1. The fourth-order valence-electron chi connectivity index (χ4n) is 2.97. The van der Waals surface area contributed by atoms with Crippen LogP contribution in [0.15, 0.2) is 52.2 Å². The topological polar surface area (TPSA) is 82.2 Å². The van der Waals surface area contributed by atoms with Gasteiger partial charge in [-0.2, -0.15) is 0 Å². The van der Waals surface area contributed by atoms with E-state index >= 15 is 0 Å². The van der Waals surface area contributed by atoms with Gasteiger partial charge < -0.3 is 14.5 Å². The van der Waals surface area contributed by atoms with Crippen LogP contribution >= 0.6 is 11.8 Å². The van der Waals surface area contributed by atoms with E-state index in [1.54, 1.807) is 35.1 Å². The largest absolute Gasteiger partial charge is 0.461 e. The van der Waals surface area contributed by atoms with Gasteiger partial charge in [0.1, 0.15) is 5.82 Å². The molecule has 1 amide bonds. The maximum atomic E-state index is 13.3. The number of nitrogens with one attached hydrogen (secondary N) is 1. The first-order valence-corrected chi connectivity index (χ1v) is 9.95. The van der Waals surface area contributed by atoms with E-state index in [-0.39, 0.29) is 23.6 Å². The molecule has 28 heavy (non-hydrogen) atoms. The number of rotatable bonds is 7. The molecule has 3 aromatic rings. The zero-order chi connectivity index (χ0) is 19.3. The van der Waals surface area contributed by atoms with E-state index in [9.17, 15) is 9.18 Å². The molecule has 4 rings (SSSR count). The summed E-state index contributed by atoms with van der Waals surface area (Å²) in [7, 11) is 0. The van der Waals surface area contributed by atoms with Gasteiger partial charge in [0.05, 0.1) is 23.8 Å². The Balaban J connectivity index is 1.50. The number of nitrogens with zero attached hydrogens (tertiary/aromatic N) is 3. The molecular formula is C19H19FN4O3S. The number of aromatic nitrogens is 3. The van der Waals surface area contributed by atoms with E-state index < -0.39 is 0 Å². The molecule has 7 nitrogen and oxygen atoms in total. The minimum atomic E-state index is -0.334. The van der Waals surface area contributed by atoms with E-state index in [4.69, 9.17) is 9.15 Å². The molecule has 1 saturated heterocycles. The number of amides is 1. The number of halogens is 1. The number of hydrogen-bond donors (Lipinski definition) is 1. The molecule has 1 aromatic carbocycles. The summed E-state index contributed by atoms with van der Waals surface area (Å²) in [5.41, 5.74) is 0.681. The van der Waals surface area contributed by atoms with Gasteiger partial charge in [-0.25, -0.2) is 4.39 Å². The normalized spacial score (nSPS) is 16.4. The zero-order valence-electron chi connectivity index (χ0n) is 15.0. The van der Waals surface area contributed by atoms with E-state index in [1.807, 2.05) is 0 Å². The molecule has 2 aromatic heterocycles. The molecule has 1 fully saturated rings. The Morgan fingerprint density at radius 3 is 2.86 bits per heavy atom. The van der Waals surface area contributed by atoms with Gasteiger partial charge in [0.25, 0.3) is 0 Å². The third kappa shape index (κ3) is 4.26. The second-order valence-electron chi connectivity index (χ2n) is 6.32. The van der Waals surface area contributed by atoms with Gasteiger partial charge in [-0.3, -0.25) is 9.36 Å². The van der Waals surface area contributed by atoms with Crippen molar-refractivity contribution in [3.05, 3.63) is 48.5 Å². The van der Waals surface area contributed by atoms with Crippen molar-refractivity contribution in [3.63, 3.8) is 0 Å². The molecule has 1 N–H and O–H groups in total. The standard InChI is InChI=1S/C19H19FN4O3S/c20-13-5-7-14(8-6-13)24-18(16-4-2-10-27-16)22-23-19(24)28-12-17(25)21-11-15-3-1-9-26-15/h2,4-8,10,15H,1,3,9,11-12H2,(H,21,25). The first-order chi connectivity index (χ1) is 13.7. The molecule has 0 radical (unpaired) electrons. The summed E-state index contributed by atoms with van der Waals surface area (Å²) in [5, 5.41) is 11.8. The van der Waals surface area contributed by atoms with Crippen LogP contribution in [0.1, 0.15) is 12.8 Å². The van der Waals surface area contributed by atoms with Gasteiger partial charge in [0.15, 0.2) is 10.9 Å². The van der Waals surface area contributed by atoms with Gasteiger partial charge in [0.2, 0.25) is 11.7 Å². The molecule has 0 spiro atoms. The quantitative estimate of drug-likeness (QED) is 0.612. The highest BCUT2D eigenvalue weighted by atomic mass is 32.2. The van der Waals surface area contributed by atoms with E-state index in [1.165, 1.54) is 23.9 Å². The van der Waals surface area contributed by atoms with Crippen molar-refractivity contribution < 1.29 is 18.3 Å². The van der Waals surface area contributed by atoms with Crippen molar-refractivity contribution in [2.24, 2.45) is 0 Å². The fourth-order valence-corrected chi connectivity index (χ4v) is 3.75. The number of hydrogen-bond acceptors (Lipinski definition) is 6. The summed E-state index contributed by atoms with van der Waals surface area (Å²) in [6.07, 6.45) is 3.65. The first-order valence-electron chi connectivity index (χ1n) is 8.97. The van der Waals surface area contributed by atoms with E-state index in [0.29, 0.717) is 29.0 Å². The Kier molecular flexibility index (Phi) is 5.73. The number of furan rings is 1. The van der Waals surface area contributed by atoms with Crippen molar-refractivity contribution in [2.75, 3.05) is 18.9 Å². The van der Waals surface area contributed by atoms with Crippen LogP contribution in [0.3, 0.4) is 0 Å². The van der Waals surface area contributed by atoms with Crippen molar-refractivity contribution in [3.8, 4) is 17.3 Å². The monoisotopic (exact) mass is 402 g/mol. The van der Waals surface area contributed by atoms with Crippen LogP contribution in [-0.2, 0) is 9.53 Å². The van der Waals surface area contributed by atoms with E-state index in [0.717, 1.165) is 19.4 Å². The average Bonchev–Trinajstić information content (AvgIpc) is 3.46. The summed E-state index contributed by atoms with van der Waals surface area (Å²) in [6, 6.07) is 9.52. The molecule has 0 aliphatic carbocycles. The molecular weight excluding hydrogens is 383 g/mol. The molecule has 146 valence electrons. The molecule has 0 saturated carbocycles. The van der Waals surface area contributed by atoms with Crippen molar-refractivity contribution in [1.82, 2.24) is 20.1 Å². The maximum absolute atomic E-state index is 13.3. The lowest BCUT2D eigenvalue weighted by Gasteiger charge is -2.11. The fraction of sp³-hybridized carbons (Fsp3) is 0.316. The molecule has 0 bridgehead atoms. The second-order valence-corrected chi connectivity index (χ2v) is 7.27. The van der Waals surface area contributed by atoms with Crippen molar-refractivity contribution in [1.29, 1.82) is 0 Å². The van der Waals surface area contributed by atoms with Crippen LogP contribution in [-0.4, -0.2) is 45.7 Å². The molecule has 1 aliphatic rings. The van der Waals surface area contributed by atoms with Gasteiger partial charge >= 0.3 is 0 Å². The molecule has 9 heteroatoms. The van der Waals surface area contributed by atoms with Gasteiger partial charge in [-0.1, -0.05) is 11.8 Å². The molecule has 3 heterocycles. The third-order valence-corrected chi connectivity index (χ3v) is 5.27. The van der Waals surface area contributed by atoms with Gasteiger partial charge in [0, 0.05) is 13.2 Å². The number of carbonyl (C=O) groups excluding carboxylic acids is 1. The summed E-state index contributed by atoms with van der Waals surface area (Å²) in [6.45, 7) is 1.27. The minimum Gasteiger partial charge on any atom is -0.461 e. The lowest BCUT2D eigenvalue weighted by molar-refractivity contribution is -0.119. The Labute approximate surface area is 165 Å². The van der Waals surface area contributed by atoms with E-state index in [2.05, 4.69) is 15.5 Å². The zero-order valence-corrected chi connectivity index (χ0v) is 15.8. The lowest BCUT2D eigenvalue weighted by Crippen LogP contribution is -2.32. The molecule has 1 unspecified atom stereocenters. The number of benzene rings is 1. The lowest BCUT2D eigenvalue weighted by atomic mass is 10.2. The summed E-state index contributed by atoms with van der Waals surface area (Å²) >= 11 is 1.26. The highest BCUT2D eigenvalue weighted by Gasteiger charge is 2.20. The molecule has 1 atom stereocenters. The number of ether oxygens (including phenoxy) is 1. The van der Waals surface area contributed by atoms with Crippen LogP contribution in [0.5, 0.6) is 0 Å². The van der Waals surface area contributed by atoms with Crippen molar-refractivity contribution >= 4 is 17.7 Å². The smallest absolute Gasteiger partial charge is 0.230 e. The predicted octanol–water partition coefficient (Wildman–Crippen LogP) is 3.05. The van der Waals surface area contributed by atoms with Crippen molar-refractivity contribution in [2.45, 2.75) is 24.1 Å². The van der Waals surface area contributed by atoms with Crippen LogP contribution in [0, 0.1) is 5.82 Å². The second kappa shape index (κ2) is 8.57. The molecule has 1 aliphatic heterocycles. The Hall–Kier alpha value is -2.65.